The first-order chi connectivity index (χ1) is 10.1. The van der Waals surface area contributed by atoms with E-state index in [1.165, 1.54) is 12.4 Å². The first kappa shape index (κ1) is 13.2. The monoisotopic (exact) mass is 291 g/mol. The van der Waals surface area contributed by atoms with Crippen LogP contribution in [-0.4, -0.2) is 25.1 Å². The summed E-state index contributed by atoms with van der Waals surface area (Å²) in [7, 11) is 0. The van der Waals surface area contributed by atoms with Crippen molar-refractivity contribution < 1.29 is 13.2 Å². The van der Waals surface area contributed by atoms with Crippen molar-refractivity contribution in [3.63, 3.8) is 0 Å². The molecule has 3 heterocycles. The normalized spacial score (nSPS) is 11.6. The number of pyridine rings is 1. The number of aromatic nitrogens is 5. The van der Waals surface area contributed by atoms with Gasteiger partial charge in [-0.3, -0.25) is 10.1 Å². The Morgan fingerprint density at radius 1 is 1.00 bits per heavy atom. The van der Waals surface area contributed by atoms with Gasteiger partial charge in [0.05, 0.1) is 17.6 Å². The number of H-pyrrole nitrogens is 1. The maximum Gasteiger partial charge on any atom is 0.433 e. The Morgan fingerprint density at radius 2 is 1.86 bits per heavy atom. The second-order valence-electron chi connectivity index (χ2n) is 4.18. The molecular formula is C13H8F3N5. The van der Waals surface area contributed by atoms with E-state index in [1.807, 2.05) is 0 Å². The number of halogens is 3. The molecule has 21 heavy (non-hydrogen) atoms. The van der Waals surface area contributed by atoms with Crippen molar-refractivity contribution in [1.29, 1.82) is 0 Å². The number of hydrogen-bond donors (Lipinski definition) is 1. The highest BCUT2D eigenvalue weighted by Gasteiger charge is 2.32. The smallest absolute Gasteiger partial charge is 0.277 e. The van der Waals surface area contributed by atoms with Crippen LogP contribution in [0, 0.1) is 0 Å². The van der Waals surface area contributed by atoms with E-state index in [1.54, 1.807) is 18.5 Å². The van der Waals surface area contributed by atoms with E-state index in [9.17, 15) is 13.2 Å². The molecule has 1 N–H and O–H groups in total. The molecule has 0 radical (unpaired) electrons. The minimum atomic E-state index is -4.46. The van der Waals surface area contributed by atoms with Gasteiger partial charge in [-0.1, -0.05) is 0 Å². The van der Waals surface area contributed by atoms with Crippen molar-refractivity contribution in [2.75, 3.05) is 0 Å². The van der Waals surface area contributed by atoms with Gasteiger partial charge in [0.25, 0.3) is 0 Å². The van der Waals surface area contributed by atoms with Crippen molar-refractivity contribution in [3.8, 4) is 22.5 Å². The van der Waals surface area contributed by atoms with Gasteiger partial charge in [-0.2, -0.15) is 18.3 Å². The number of aromatic amines is 1. The fourth-order valence-corrected chi connectivity index (χ4v) is 1.86. The van der Waals surface area contributed by atoms with Gasteiger partial charge in [0.15, 0.2) is 0 Å². The molecule has 0 amide bonds. The predicted octanol–water partition coefficient (Wildman–Crippen LogP) is 2.95. The van der Waals surface area contributed by atoms with Gasteiger partial charge in [-0.15, -0.1) is 0 Å². The maximum atomic E-state index is 12.5. The van der Waals surface area contributed by atoms with Crippen LogP contribution >= 0.6 is 0 Å². The molecule has 0 fully saturated rings. The van der Waals surface area contributed by atoms with E-state index in [4.69, 9.17) is 0 Å². The van der Waals surface area contributed by atoms with E-state index in [-0.39, 0.29) is 0 Å². The molecule has 3 aromatic heterocycles. The number of nitrogens with zero attached hydrogens (tertiary/aromatic N) is 4. The largest absolute Gasteiger partial charge is 0.433 e. The third kappa shape index (κ3) is 2.60. The fourth-order valence-electron chi connectivity index (χ4n) is 1.86. The van der Waals surface area contributed by atoms with Crippen LogP contribution in [0.15, 0.2) is 43.1 Å². The topological polar surface area (TPSA) is 67.3 Å². The van der Waals surface area contributed by atoms with Crippen molar-refractivity contribution in [1.82, 2.24) is 25.1 Å². The van der Waals surface area contributed by atoms with Gasteiger partial charge in [0.1, 0.15) is 12.0 Å². The zero-order chi connectivity index (χ0) is 14.9. The van der Waals surface area contributed by atoms with E-state index in [0.717, 1.165) is 12.3 Å². The summed E-state index contributed by atoms with van der Waals surface area (Å²) in [5, 5.41) is 6.66. The Balaban J connectivity index is 2.01. The van der Waals surface area contributed by atoms with Gasteiger partial charge in [-0.25, -0.2) is 9.97 Å². The lowest BCUT2D eigenvalue weighted by molar-refractivity contribution is -0.141. The lowest BCUT2D eigenvalue weighted by atomic mass is 10.1. The Hall–Kier alpha value is -2.77. The van der Waals surface area contributed by atoms with Gasteiger partial charge in [0.2, 0.25) is 0 Å². The number of hydrogen-bond acceptors (Lipinski definition) is 4. The summed E-state index contributed by atoms with van der Waals surface area (Å²) in [5.41, 5.74) is 1.39. The lowest BCUT2D eigenvalue weighted by Crippen LogP contribution is -2.07. The Labute approximate surface area is 116 Å². The average Bonchev–Trinajstić information content (AvgIpc) is 2.97. The average molecular weight is 291 g/mol. The molecule has 0 saturated heterocycles. The van der Waals surface area contributed by atoms with E-state index in [2.05, 4.69) is 25.1 Å². The molecule has 0 bridgehead atoms. The SMILES string of the molecule is FC(F)(F)c1ccc(-c2[nH]ncc2-c2ccncn2)cn1. The molecule has 0 aromatic carbocycles. The summed E-state index contributed by atoms with van der Waals surface area (Å²) < 4.78 is 37.5. The van der Waals surface area contributed by atoms with Crippen molar-refractivity contribution in [2.24, 2.45) is 0 Å². The molecular weight excluding hydrogens is 283 g/mol. The fraction of sp³-hybridized carbons (Fsp3) is 0.0769. The van der Waals surface area contributed by atoms with E-state index in [0.29, 0.717) is 22.5 Å². The summed E-state index contributed by atoms with van der Waals surface area (Å²) in [5.74, 6) is 0. The minimum Gasteiger partial charge on any atom is -0.277 e. The van der Waals surface area contributed by atoms with E-state index >= 15 is 0 Å². The molecule has 8 heteroatoms. The molecule has 0 aliphatic carbocycles. The molecule has 3 rings (SSSR count). The zero-order valence-corrected chi connectivity index (χ0v) is 10.5. The summed E-state index contributed by atoms with van der Waals surface area (Å²) in [4.78, 5) is 11.3. The van der Waals surface area contributed by atoms with Gasteiger partial charge in [-0.05, 0) is 18.2 Å². The molecule has 106 valence electrons. The van der Waals surface area contributed by atoms with Crippen molar-refractivity contribution >= 4 is 0 Å². The third-order valence-electron chi connectivity index (χ3n) is 2.84. The Bertz CT molecular complexity index is 735. The van der Waals surface area contributed by atoms with Crippen LogP contribution in [0.5, 0.6) is 0 Å². The first-order valence-electron chi connectivity index (χ1n) is 5.89. The lowest BCUT2D eigenvalue weighted by Gasteiger charge is -2.06. The van der Waals surface area contributed by atoms with Crippen LogP contribution in [-0.2, 0) is 6.18 Å². The quantitative estimate of drug-likeness (QED) is 0.788. The maximum absolute atomic E-state index is 12.5. The Kier molecular flexibility index (Phi) is 3.13. The number of nitrogens with one attached hydrogen (secondary N) is 1. The van der Waals surface area contributed by atoms with E-state index < -0.39 is 11.9 Å². The molecule has 0 atom stereocenters. The molecule has 0 aliphatic heterocycles. The van der Waals surface area contributed by atoms with Crippen LogP contribution in [0.3, 0.4) is 0 Å². The second-order valence-corrected chi connectivity index (χ2v) is 4.18. The highest BCUT2D eigenvalue weighted by atomic mass is 19.4. The number of rotatable bonds is 2. The van der Waals surface area contributed by atoms with Crippen molar-refractivity contribution in [2.45, 2.75) is 6.18 Å². The molecule has 3 aromatic rings. The van der Waals surface area contributed by atoms with Crippen LogP contribution in [0.25, 0.3) is 22.5 Å². The number of alkyl halides is 3. The molecule has 0 unspecified atom stereocenters. The predicted molar refractivity (Wildman–Crippen MR) is 67.8 cm³/mol. The summed E-state index contributed by atoms with van der Waals surface area (Å²) >= 11 is 0. The molecule has 0 saturated carbocycles. The molecule has 0 spiro atoms. The zero-order valence-electron chi connectivity index (χ0n) is 10.5. The third-order valence-corrected chi connectivity index (χ3v) is 2.84. The highest BCUT2D eigenvalue weighted by molar-refractivity contribution is 5.77. The van der Waals surface area contributed by atoms with Crippen LogP contribution < -0.4 is 0 Å². The highest BCUT2D eigenvalue weighted by Crippen LogP contribution is 2.31. The Morgan fingerprint density at radius 3 is 2.48 bits per heavy atom. The summed E-state index contributed by atoms with van der Waals surface area (Å²) in [6.45, 7) is 0. The van der Waals surface area contributed by atoms with Gasteiger partial charge < -0.3 is 0 Å². The van der Waals surface area contributed by atoms with Crippen LogP contribution in [0.1, 0.15) is 5.69 Å². The molecule has 0 aliphatic rings. The van der Waals surface area contributed by atoms with Crippen molar-refractivity contribution in [3.05, 3.63) is 48.8 Å². The standard InChI is InChI=1S/C13H8F3N5/c14-13(15,16)11-2-1-8(5-18-11)12-9(6-20-21-12)10-3-4-17-7-19-10/h1-7H,(H,20,21). The minimum absolute atomic E-state index is 0.495. The summed E-state index contributed by atoms with van der Waals surface area (Å²) in [6, 6.07) is 3.96. The van der Waals surface area contributed by atoms with Gasteiger partial charge >= 0.3 is 6.18 Å². The van der Waals surface area contributed by atoms with Gasteiger partial charge in [0, 0.05) is 23.5 Å². The first-order valence-corrected chi connectivity index (χ1v) is 5.89. The second kappa shape index (κ2) is 4.97. The molecule has 5 nitrogen and oxygen atoms in total. The van der Waals surface area contributed by atoms with Crippen LogP contribution in [0.2, 0.25) is 0 Å². The summed E-state index contributed by atoms with van der Waals surface area (Å²) in [6.07, 6.45) is 1.21. The van der Waals surface area contributed by atoms with Crippen LogP contribution in [0.4, 0.5) is 13.2 Å².